The van der Waals surface area contributed by atoms with E-state index >= 15 is 0 Å². The van der Waals surface area contributed by atoms with Gasteiger partial charge in [0, 0.05) is 10.8 Å². The second kappa shape index (κ2) is 8.13. The summed E-state index contributed by atoms with van der Waals surface area (Å²) < 4.78 is 53.1. The van der Waals surface area contributed by atoms with Gasteiger partial charge in [0.15, 0.2) is 24.0 Å². The molecule has 0 saturated heterocycles. The first kappa shape index (κ1) is 21.9. The first-order valence-electron chi connectivity index (χ1n) is 8.76. The molecule has 0 aliphatic carbocycles. The van der Waals surface area contributed by atoms with E-state index in [0.717, 1.165) is 22.9 Å². The standard InChI is InChI=1S/C20H16F3N3O2S.H2O/c1-29(28)11-10-25-12-13-4-2-3-5-16(13)17-18(25)19(27)26(24-17)15-8-6-14(7-9-15)20(21,22)23;/h2-9,12H,10-11H2,1H3;1H2. The molecule has 1 atom stereocenters. The van der Waals surface area contributed by atoms with E-state index in [9.17, 15) is 22.8 Å². The van der Waals surface area contributed by atoms with Crippen molar-refractivity contribution in [3.8, 4) is 11.6 Å². The predicted molar refractivity (Wildman–Crippen MR) is 106 cm³/mol. The Bertz CT molecular complexity index is 1190. The molecule has 2 N–H and O–H groups in total. The minimum Gasteiger partial charge on any atom is -0.870 e. The van der Waals surface area contributed by atoms with Crippen LogP contribution in [-0.2, 0) is 23.9 Å². The van der Waals surface area contributed by atoms with Crippen LogP contribution < -0.4 is 4.57 Å². The quantitative estimate of drug-likeness (QED) is 0.391. The van der Waals surface area contributed by atoms with Gasteiger partial charge in [-0.3, -0.25) is 0 Å². The van der Waals surface area contributed by atoms with E-state index in [2.05, 4.69) is 5.10 Å². The Morgan fingerprint density at radius 2 is 1.80 bits per heavy atom. The SMILES string of the molecule is C[S+]([O-])CC[n+]1cc2ccccc2c2nn(-c3ccc(C(F)(F)F)cc3)c(O)c21.[OH-]. The Labute approximate surface area is 172 Å². The van der Waals surface area contributed by atoms with Crippen molar-refractivity contribution < 1.29 is 32.9 Å². The summed E-state index contributed by atoms with van der Waals surface area (Å²) in [7, 11) is 0. The van der Waals surface area contributed by atoms with Gasteiger partial charge in [0.25, 0.3) is 11.4 Å². The second-order valence-corrected chi connectivity index (χ2v) is 8.22. The van der Waals surface area contributed by atoms with Gasteiger partial charge in [0.05, 0.1) is 17.5 Å². The monoisotopic (exact) mass is 437 g/mol. The van der Waals surface area contributed by atoms with Crippen LogP contribution in [0.4, 0.5) is 13.2 Å². The lowest BCUT2D eigenvalue weighted by Crippen LogP contribution is -2.37. The molecule has 6 nitrogen and oxygen atoms in total. The van der Waals surface area contributed by atoms with E-state index in [0.29, 0.717) is 29.0 Å². The number of aryl methyl sites for hydroxylation is 1. The van der Waals surface area contributed by atoms with Crippen LogP contribution in [0.15, 0.2) is 54.7 Å². The van der Waals surface area contributed by atoms with Gasteiger partial charge in [-0.05, 0) is 30.3 Å². The average Bonchev–Trinajstić information content (AvgIpc) is 3.03. The Balaban J connectivity index is 0.00000256. The Hall–Kier alpha value is -2.82. The van der Waals surface area contributed by atoms with Crippen LogP contribution in [0.5, 0.6) is 5.88 Å². The van der Waals surface area contributed by atoms with Crippen molar-refractivity contribution in [2.24, 2.45) is 0 Å². The summed E-state index contributed by atoms with van der Waals surface area (Å²) in [5.74, 6) is 0.204. The number of halogens is 3. The van der Waals surface area contributed by atoms with Crippen LogP contribution in [0, 0.1) is 0 Å². The van der Waals surface area contributed by atoms with Crippen LogP contribution in [-0.4, -0.2) is 36.9 Å². The Morgan fingerprint density at radius 3 is 2.43 bits per heavy atom. The minimum absolute atomic E-state index is 0. The molecule has 30 heavy (non-hydrogen) atoms. The fourth-order valence-corrected chi connectivity index (χ4v) is 3.73. The lowest BCUT2D eigenvalue weighted by Gasteiger charge is -2.07. The molecule has 2 aromatic carbocycles. The number of aromatic nitrogens is 3. The third-order valence-corrected chi connectivity index (χ3v) is 5.45. The number of benzene rings is 2. The zero-order valence-corrected chi connectivity index (χ0v) is 16.6. The highest BCUT2D eigenvalue weighted by atomic mass is 32.2. The first-order valence-corrected chi connectivity index (χ1v) is 10.5. The van der Waals surface area contributed by atoms with Crippen LogP contribution in [0.1, 0.15) is 5.56 Å². The number of hydrogen-bond donors (Lipinski definition) is 1. The molecule has 0 saturated carbocycles. The Kier molecular flexibility index (Phi) is 5.93. The van der Waals surface area contributed by atoms with Gasteiger partial charge in [-0.2, -0.15) is 27.5 Å². The summed E-state index contributed by atoms with van der Waals surface area (Å²) in [6, 6.07) is 11.9. The summed E-state index contributed by atoms with van der Waals surface area (Å²) in [6.45, 7) is 0.400. The lowest BCUT2D eigenvalue weighted by atomic mass is 10.1. The van der Waals surface area contributed by atoms with Gasteiger partial charge < -0.3 is 15.1 Å². The molecule has 0 aliphatic heterocycles. The third kappa shape index (κ3) is 3.93. The van der Waals surface area contributed by atoms with Gasteiger partial charge in [0.2, 0.25) is 0 Å². The fourth-order valence-electron chi connectivity index (χ4n) is 3.28. The number of aromatic hydroxyl groups is 1. The van der Waals surface area contributed by atoms with Crippen molar-refractivity contribution in [2.75, 3.05) is 12.0 Å². The van der Waals surface area contributed by atoms with Gasteiger partial charge in [-0.15, -0.1) is 0 Å². The van der Waals surface area contributed by atoms with Crippen LogP contribution in [0.3, 0.4) is 0 Å². The fraction of sp³-hybridized carbons (Fsp3) is 0.200. The molecule has 1 unspecified atom stereocenters. The summed E-state index contributed by atoms with van der Waals surface area (Å²) in [5, 5.41) is 17.0. The lowest BCUT2D eigenvalue weighted by molar-refractivity contribution is -0.665. The summed E-state index contributed by atoms with van der Waals surface area (Å²) >= 11 is -1.03. The van der Waals surface area contributed by atoms with Crippen molar-refractivity contribution in [1.29, 1.82) is 0 Å². The van der Waals surface area contributed by atoms with E-state index in [4.69, 9.17) is 0 Å². The molecular formula is C20H18F3N3O3S. The van der Waals surface area contributed by atoms with Gasteiger partial charge >= 0.3 is 6.18 Å². The van der Waals surface area contributed by atoms with Crippen molar-refractivity contribution >= 4 is 33.0 Å². The molecule has 0 amide bonds. The molecular weight excluding hydrogens is 419 g/mol. The normalized spacial score (nSPS) is 12.8. The number of alkyl halides is 3. The van der Waals surface area contributed by atoms with Crippen molar-refractivity contribution in [3.63, 3.8) is 0 Å². The van der Waals surface area contributed by atoms with E-state index in [-0.39, 0.29) is 11.4 Å². The van der Waals surface area contributed by atoms with Gasteiger partial charge in [-0.25, -0.2) is 0 Å². The van der Waals surface area contributed by atoms with Crippen LogP contribution >= 0.6 is 0 Å². The summed E-state index contributed by atoms with van der Waals surface area (Å²) in [4.78, 5) is 0. The molecule has 4 rings (SSSR count). The highest BCUT2D eigenvalue weighted by Crippen LogP contribution is 2.32. The molecule has 10 heteroatoms. The molecule has 4 aromatic rings. The maximum Gasteiger partial charge on any atom is 0.416 e. The second-order valence-electron chi connectivity index (χ2n) is 6.66. The van der Waals surface area contributed by atoms with E-state index in [1.54, 1.807) is 10.8 Å². The van der Waals surface area contributed by atoms with Crippen molar-refractivity contribution in [1.82, 2.24) is 9.78 Å². The zero-order valence-electron chi connectivity index (χ0n) is 15.8. The highest BCUT2D eigenvalue weighted by Gasteiger charge is 2.31. The summed E-state index contributed by atoms with van der Waals surface area (Å²) in [5.41, 5.74) is 0.487. The van der Waals surface area contributed by atoms with E-state index in [1.807, 2.05) is 30.5 Å². The van der Waals surface area contributed by atoms with Crippen molar-refractivity contribution in [3.05, 3.63) is 60.3 Å². The minimum atomic E-state index is -4.44. The summed E-state index contributed by atoms with van der Waals surface area (Å²) in [6.07, 6.45) is -0.988. The average molecular weight is 437 g/mol. The molecule has 0 bridgehead atoms. The largest absolute Gasteiger partial charge is 0.870 e. The van der Waals surface area contributed by atoms with Crippen molar-refractivity contribution in [2.45, 2.75) is 12.7 Å². The number of nitrogens with zero attached hydrogens (tertiary/aromatic N) is 3. The maximum absolute atomic E-state index is 12.8. The number of rotatable bonds is 4. The maximum atomic E-state index is 12.8. The molecule has 2 aromatic heterocycles. The number of hydrogen-bond acceptors (Lipinski definition) is 4. The Morgan fingerprint density at radius 1 is 1.13 bits per heavy atom. The molecule has 2 heterocycles. The van der Waals surface area contributed by atoms with Gasteiger partial charge in [0.1, 0.15) is 0 Å². The van der Waals surface area contributed by atoms with Gasteiger partial charge in [-0.1, -0.05) is 29.4 Å². The molecule has 0 aliphatic rings. The zero-order chi connectivity index (χ0) is 20.8. The number of pyridine rings is 1. The van der Waals surface area contributed by atoms with Crippen LogP contribution in [0.2, 0.25) is 0 Å². The molecule has 0 radical (unpaired) electrons. The topological polar surface area (TPSA) is 95.0 Å². The third-order valence-electron chi connectivity index (χ3n) is 4.69. The molecule has 0 fully saturated rings. The number of fused-ring (bicyclic) bond motifs is 3. The highest BCUT2D eigenvalue weighted by molar-refractivity contribution is 7.90. The smallest absolute Gasteiger partial charge is 0.416 e. The van der Waals surface area contributed by atoms with E-state index < -0.39 is 22.9 Å². The molecule has 0 spiro atoms. The first-order chi connectivity index (χ1) is 13.8. The predicted octanol–water partition coefficient (Wildman–Crippen LogP) is 3.39. The molecule has 158 valence electrons. The van der Waals surface area contributed by atoms with E-state index in [1.165, 1.54) is 16.8 Å². The van der Waals surface area contributed by atoms with Crippen LogP contribution in [0.25, 0.3) is 27.5 Å².